The van der Waals surface area contributed by atoms with E-state index in [1.165, 1.54) is 0 Å². The lowest BCUT2D eigenvalue weighted by atomic mass is 10.0. The molecule has 21 heavy (non-hydrogen) atoms. The van der Waals surface area contributed by atoms with E-state index < -0.39 is 6.10 Å². The van der Waals surface area contributed by atoms with Crippen LogP contribution in [0, 0.1) is 6.92 Å². The highest BCUT2D eigenvalue weighted by Crippen LogP contribution is 2.27. The Morgan fingerprint density at radius 2 is 1.86 bits per heavy atom. The first kappa shape index (κ1) is 13.9. The molecule has 1 unspecified atom stereocenters. The third-order valence-electron chi connectivity index (χ3n) is 3.46. The molecule has 0 saturated carbocycles. The molecule has 4 heteroatoms. The van der Waals surface area contributed by atoms with Crippen molar-refractivity contribution < 1.29 is 5.11 Å². The van der Waals surface area contributed by atoms with Crippen LogP contribution in [0.15, 0.2) is 60.8 Å². The molecule has 1 aromatic heterocycles. The summed E-state index contributed by atoms with van der Waals surface area (Å²) in [6.45, 7) is 1.94. The summed E-state index contributed by atoms with van der Waals surface area (Å²) < 4.78 is 1.73. The Morgan fingerprint density at radius 3 is 2.57 bits per heavy atom. The average molecular weight is 299 g/mol. The zero-order chi connectivity index (χ0) is 14.8. The minimum absolute atomic E-state index is 0.650. The number of rotatable bonds is 3. The lowest BCUT2D eigenvalue weighted by Crippen LogP contribution is -2.08. The SMILES string of the molecule is Cc1ccc(C(O)c2ccnn2-c2ccccc2)cc1Cl. The van der Waals surface area contributed by atoms with Crippen molar-refractivity contribution in [1.82, 2.24) is 9.78 Å². The van der Waals surface area contributed by atoms with Crippen LogP contribution in [0.4, 0.5) is 0 Å². The van der Waals surface area contributed by atoms with E-state index in [0.717, 1.165) is 16.8 Å². The molecule has 0 aliphatic rings. The number of aromatic nitrogens is 2. The molecule has 3 nitrogen and oxygen atoms in total. The Morgan fingerprint density at radius 1 is 1.10 bits per heavy atom. The van der Waals surface area contributed by atoms with Gasteiger partial charge in [0.15, 0.2) is 0 Å². The molecule has 1 atom stereocenters. The van der Waals surface area contributed by atoms with E-state index in [2.05, 4.69) is 5.10 Å². The van der Waals surface area contributed by atoms with Gasteiger partial charge in [-0.1, -0.05) is 41.9 Å². The third-order valence-corrected chi connectivity index (χ3v) is 3.87. The average Bonchev–Trinajstić information content (AvgIpc) is 2.99. The first-order chi connectivity index (χ1) is 10.2. The summed E-state index contributed by atoms with van der Waals surface area (Å²) in [5, 5.41) is 15.6. The van der Waals surface area contributed by atoms with E-state index in [1.54, 1.807) is 16.9 Å². The van der Waals surface area contributed by atoms with Crippen molar-refractivity contribution >= 4 is 11.6 Å². The normalized spacial score (nSPS) is 12.3. The Hall–Kier alpha value is -2.10. The Kier molecular flexibility index (Phi) is 3.78. The number of halogens is 1. The van der Waals surface area contributed by atoms with Crippen LogP contribution in [0.2, 0.25) is 5.02 Å². The van der Waals surface area contributed by atoms with E-state index in [9.17, 15) is 5.11 Å². The largest absolute Gasteiger partial charge is 0.382 e. The van der Waals surface area contributed by atoms with Gasteiger partial charge in [-0.2, -0.15) is 5.10 Å². The number of aliphatic hydroxyl groups excluding tert-OH is 1. The van der Waals surface area contributed by atoms with Gasteiger partial charge in [-0.15, -0.1) is 0 Å². The van der Waals surface area contributed by atoms with Gasteiger partial charge in [-0.05, 0) is 42.3 Å². The highest BCUT2D eigenvalue weighted by Gasteiger charge is 2.17. The number of hydrogen-bond donors (Lipinski definition) is 1. The number of para-hydroxylation sites is 1. The second-order valence-electron chi connectivity index (χ2n) is 4.91. The summed E-state index contributed by atoms with van der Waals surface area (Å²) in [5.41, 5.74) is 3.36. The van der Waals surface area contributed by atoms with Gasteiger partial charge < -0.3 is 5.11 Å². The zero-order valence-corrected chi connectivity index (χ0v) is 12.3. The molecule has 0 radical (unpaired) electrons. The number of aliphatic hydroxyl groups is 1. The van der Waals surface area contributed by atoms with Crippen LogP contribution >= 0.6 is 11.6 Å². The van der Waals surface area contributed by atoms with Gasteiger partial charge in [0.25, 0.3) is 0 Å². The summed E-state index contributed by atoms with van der Waals surface area (Å²) in [7, 11) is 0. The molecule has 3 aromatic rings. The minimum Gasteiger partial charge on any atom is -0.382 e. The molecule has 0 aliphatic heterocycles. The van der Waals surface area contributed by atoms with Crippen LogP contribution in [0.3, 0.4) is 0 Å². The molecule has 1 N–H and O–H groups in total. The molecule has 0 saturated heterocycles. The van der Waals surface area contributed by atoms with E-state index in [4.69, 9.17) is 11.6 Å². The summed E-state index contributed by atoms with van der Waals surface area (Å²) in [6.07, 6.45) is 0.909. The van der Waals surface area contributed by atoms with Gasteiger partial charge in [-0.25, -0.2) is 4.68 Å². The Bertz CT molecular complexity index is 752. The van der Waals surface area contributed by atoms with Crippen LogP contribution in [-0.4, -0.2) is 14.9 Å². The van der Waals surface area contributed by atoms with Crippen LogP contribution in [0.25, 0.3) is 5.69 Å². The predicted molar refractivity (Wildman–Crippen MR) is 83.8 cm³/mol. The maximum absolute atomic E-state index is 10.6. The first-order valence-corrected chi connectivity index (χ1v) is 7.08. The number of benzene rings is 2. The van der Waals surface area contributed by atoms with Gasteiger partial charge in [0.1, 0.15) is 6.10 Å². The second kappa shape index (κ2) is 5.72. The fourth-order valence-corrected chi connectivity index (χ4v) is 2.44. The van der Waals surface area contributed by atoms with Crippen molar-refractivity contribution in [3.05, 3.63) is 82.6 Å². The zero-order valence-electron chi connectivity index (χ0n) is 11.6. The van der Waals surface area contributed by atoms with Gasteiger partial charge in [-0.3, -0.25) is 0 Å². The number of aryl methyl sites for hydroxylation is 1. The second-order valence-corrected chi connectivity index (χ2v) is 5.32. The summed E-state index contributed by atoms with van der Waals surface area (Å²) in [5.74, 6) is 0. The monoisotopic (exact) mass is 298 g/mol. The molecule has 0 spiro atoms. The molecular formula is C17H15ClN2O. The number of nitrogens with zero attached hydrogens (tertiary/aromatic N) is 2. The Balaban J connectivity index is 2.01. The predicted octanol–water partition coefficient (Wildman–Crippen LogP) is 3.92. The first-order valence-electron chi connectivity index (χ1n) is 6.70. The standard InChI is InChI=1S/C17H15ClN2O/c1-12-7-8-13(11-15(12)18)17(21)16-9-10-19-20(16)14-5-3-2-4-6-14/h2-11,17,21H,1H3. The molecule has 0 aliphatic carbocycles. The molecule has 0 fully saturated rings. The molecular weight excluding hydrogens is 284 g/mol. The fraction of sp³-hybridized carbons (Fsp3) is 0.118. The lowest BCUT2D eigenvalue weighted by Gasteiger charge is -2.14. The van der Waals surface area contributed by atoms with Crippen LogP contribution < -0.4 is 0 Å². The van der Waals surface area contributed by atoms with Crippen molar-refractivity contribution in [3.63, 3.8) is 0 Å². The van der Waals surface area contributed by atoms with Crippen molar-refractivity contribution in [3.8, 4) is 5.69 Å². The lowest BCUT2D eigenvalue weighted by molar-refractivity contribution is 0.212. The molecule has 2 aromatic carbocycles. The smallest absolute Gasteiger partial charge is 0.121 e. The highest BCUT2D eigenvalue weighted by atomic mass is 35.5. The molecule has 0 bridgehead atoms. The van der Waals surface area contributed by atoms with Gasteiger partial charge in [0.05, 0.1) is 11.4 Å². The number of hydrogen-bond acceptors (Lipinski definition) is 2. The highest BCUT2D eigenvalue weighted by molar-refractivity contribution is 6.31. The summed E-state index contributed by atoms with van der Waals surface area (Å²) >= 11 is 6.14. The third kappa shape index (κ3) is 2.71. The maximum atomic E-state index is 10.6. The van der Waals surface area contributed by atoms with Crippen molar-refractivity contribution in [2.45, 2.75) is 13.0 Å². The van der Waals surface area contributed by atoms with Gasteiger partial charge in [0, 0.05) is 11.2 Å². The van der Waals surface area contributed by atoms with Gasteiger partial charge in [0.2, 0.25) is 0 Å². The van der Waals surface area contributed by atoms with Crippen molar-refractivity contribution in [1.29, 1.82) is 0 Å². The van der Waals surface area contributed by atoms with E-state index in [-0.39, 0.29) is 0 Å². The molecule has 1 heterocycles. The van der Waals surface area contributed by atoms with Gasteiger partial charge >= 0.3 is 0 Å². The van der Waals surface area contributed by atoms with Crippen LogP contribution in [0.1, 0.15) is 22.9 Å². The van der Waals surface area contributed by atoms with Crippen LogP contribution in [-0.2, 0) is 0 Å². The van der Waals surface area contributed by atoms with E-state index >= 15 is 0 Å². The minimum atomic E-state index is -0.772. The fourth-order valence-electron chi connectivity index (χ4n) is 2.26. The molecule has 0 amide bonds. The summed E-state index contributed by atoms with van der Waals surface area (Å²) in [6, 6.07) is 17.1. The van der Waals surface area contributed by atoms with Crippen LogP contribution in [0.5, 0.6) is 0 Å². The van der Waals surface area contributed by atoms with Crippen molar-refractivity contribution in [2.24, 2.45) is 0 Å². The summed E-state index contributed by atoms with van der Waals surface area (Å²) in [4.78, 5) is 0. The van der Waals surface area contributed by atoms with E-state index in [0.29, 0.717) is 10.7 Å². The quantitative estimate of drug-likeness (QED) is 0.796. The van der Waals surface area contributed by atoms with E-state index in [1.807, 2.05) is 55.5 Å². The molecule has 3 rings (SSSR count). The Labute approximate surface area is 128 Å². The van der Waals surface area contributed by atoms with Crippen molar-refractivity contribution in [2.75, 3.05) is 0 Å². The topological polar surface area (TPSA) is 38.1 Å². The molecule has 106 valence electrons. The maximum Gasteiger partial charge on any atom is 0.121 e.